The molecule has 17 heavy (non-hydrogen) atoms. The van der Waals surface area contributed by atoms with Crippen LogP contribution in [0.2, 0.25) is 4.34 Å². The van der Waals surface area contributed by atoms with Gasteiger partial charge in [0.25, 0.3) is 0 Å². The summed E-state index contributed by atoms with van der Waals surface area (Å²) in [5.74, 6) is -0.234. The SMILES string of the molecule is CC(C)(C)OC(=O)NCC(=O)c1ccsc1Cl. The van der Waals surface area contributed by atoms with E-state index in [-0.39, 0.29) is 12.3 Å². The van der Waals surface area contributed by atoms with E-state index in [1.807, 2.05) is 0 Å². The van der Waals surface area contributed by atoms with Crippen molar-refractivity contribution in [1.29, 1.82) is 0 Å². The molecule has 0 aliphatic carbocycles. The van der Waals surface area contributed by atoms with Gasteiger partial charge in [0.2, 0.25) is 0 Å². The minimum absolute atomic E-state index is 0.120. The maximum atomic E-state index is 11.6. The molecule has 0 aliphatic heterocycles. The molecule has 1 rings (SSSR count). The van der Waals surface area contributed by atoms with Gasteiger partial charge in [-0.2, -0.15) is 0 Å². The first-order chi connectivity index (χ1) is 7.79. The summed E-state index contributed by atoms with van der Waals surface area (Å²) in [5, 5.41) is 4.12. The van der Waals surface area contributed by atoms with Crippen molar-refractivity contribution in [3.05, 3.63) is 21.3 Å². The predicted molar refractivity (Wildman–Crippen MR) is 67.9 cm³/mol. The van der Waals surface area contributed by atoms with Crippen LogP contribution in [0.25, 0.3) is 0 Å². The van der Waals surface area contributed by atoms with Gasteiger partial charge in [-0.25, -0.2) is 4.79 Å². The lowest BCUT2D eigenvalue weighted by Crippen LogP contribution is -2.35. The third-order valence-corrected chi connectivity index (χ3v) is 2.88. The molecule has 0 spiro atoms. The Morgan fingerprint density at radius 3 is 2.59 bits per heavy atom. The van der Waals surface area contributed by atoms with E-state index >= 15 is 0 Å². The van der Waals surface area contributed by atoms with Crippen LogP contribution in [0, 0.1) is 0 Å². The van der Waals surface area contributed by atoms with Gasteiger partial charge in [0.15, 0.2) is 5.78 Å². The monoisotopic (exact) mass is 275 g/mol. The quantitative estimate of drug-likeness (QED) is 0.863. The van der Waals surface area contributed by atoms with Crippen LogP contribution in [0.15, 0.2) is 11.4 Å². The largest absolute Gasteiger partial charge is 0.444 e. The summed E-state index contributed by atoms with van der Waals surface area (Å²) in [6.45, 7) is 5.14. The van der Waals surface area contributed by atoms with Gasteiger partial charge in [-0.3, -0.25) is 4.79 Å². The molecular weight excluding hydrogens is 262 g/mol. The van der Waals surface area contributed by atoms with Crippen molar-refractivity contribution in [3.8, 4) is 0 Å². The molecule has 1 amide bonds. The summed E-state index contributed by atoms with van der Waals surface area (Å²) in [4.78, 5) is 23.0. The van der Waals surface area contributed by atoms with Crippen molar-refractivity contribution in [3.63, 3.8) is 0 Å². The fourth-order valence-electron chi connectivity index (χ4n) is 1.06. The Morgan fingerprint density at radius 2 is 2.12 bits per heavy atom. The first kappa shape index (κ1) is 14.0. The molecule has 0 saturated carbocycles. The molecule has 0 unspecified atom stereocenters. The maximum Gasteiger partial charge on any atom is 0.408 e. The highest BCUT2D eigenvalue weighted by atomic mass is 35.5. The number of hydrogen-bond acceptors (Lipinski definition) is 4. The Kier molecular flexibility index (Phi) is 4.54. The number of halogens is 1. The molecule has 0 atom stereocenters. The van der Waals surface area contributed by atoms with E-state index in [0.717, 1.165) is 0 Å². The van der Waals surface area contributed by atoms with Crippen LogP contribution in [0.3, 0.4) is 0 Å². The number of thiophene rings is 1. The van der Waals surface area contributed by atoms with Crippen molar-refractivity contribution < 1.29 is 14.3 Å². The molecule has 1 aromatic rings. The average Bonchev–Trinajstić information content (AvgIpc) is 2.58. The van der Waals surface area contributed by atoms with Gasteiger partial charge in [-0.15, -0.1) is 11.3 Å². The number of hydrogen-bond donors (Lipinski definition) is 1. The fraction of sp³-hybridized carbons (Fsp3) is 0.455. The summed E-state index contributed by atoms with van der Waals surface area (Å²) in [7, 11) is 0. The zero-order valence-electron chi connectivity index (χ0n) is 9.87. The second kappa shape index (κ2) is 5.51. The van der Waals surface area contributed by atoms with Crippen LogP contribution in [0.5, 0.6) is 0 Å². The summed E-state index contributed by atoms with van der Waals surface area (Å²) in [6, 6.07) is 1.63. The smallest absolute Gasteiger partial charge is 0.408 e. The Morgan fingerprint density at radius 1 is 1.47 bits per heavy atom. The number of alkyl carbamates (subject to hydrolysis) is 1. The van der Waals surface area contributed by atoms with Gasteiger partial charge >= 0.3 is 6.09 Å². The predicted octanol–water partition coefficient (Wildman–Crippen LogP) is 3.11. The normalized spacial score (nSPS) is 11.1. The number of carbonyl (C=O) groups excluding carboxylic acids is 2. The minimum atomic E-state index is -0.614. The highest BCUT2D eigenvalue weighted by molar-refractivity contribution is 7.14. The summed E-state index contributed by atoms with van der Waals surface area (Å²) >= 11 is 7.09. The molecule has 4 nitrogen and oxygen atoms in total. The highest BCUT2D eigenvalue weighted by Crippen LogP contribution is 2.22. The fourth-order valence-corrected chi connectivity index (χ4v) is 2.01. The molecule has 0 aromatic carbocycles. The van der Waals surface area contributed by atoms with Crippen LogP contribution in [0.1, 0.15) is 31.1 Å². The lowest BCUT2D eigenvalue weighted by molar-refractivity contribution is 0.0520. The number of nitrogens with one attached hydrogen (secondary N) is 1. The molecule has 0 radical (unpaired) electrons. The number of amides is 1. The Bertz CT molecular complexity index is 423. The molecule has 6 heteroatoms. The van der Waals surface area contributed by atoms with Gasteiger partial charge in [0, 0.05) is 5.56 Å². The van der Waals surface area contributed by atoms with E-state index in [1.54, 1.807) is 32.2 Å². The van der Waals surface area contributed by atoms with Crippen molar-refractivity contribution in [2.75, 3.05) is 6.54 Å². The van der Waals surface area contributed by atoms with Crippen molar-refractivity contribution in [1.82, 2.24) is 5.32 Å². The molecule has 0 saturated heterocycles. The molecule has 94 valence electrons. The van der Waals surface area contributed by atoms with Crippen molar-refractivity contribution in [2.24, 2.45) is 0 Å². The molecule has 1 aromatic heterocycles. The van der Waals surface area contributed by atoms with E-state index in [0.29, 0.717) is 9.90 Å². The number of ether oxygens (including phenoxy) is 1. The molecular formula is C11H14ClNO3S. The number of ketones is 1. The molecule has 1 heterocycles. The van der Waals surface area contributed by atoms with E-state index in [2.05, 4.69) is 5.32 Å². The average molecular weight is 276 g/mol. The zero-order chi connectivity index (χ0) is 13.1. The lowest BCUT2D eigenvalue weighted by atomic mass is 10.2. The van der Waals surface area contributed by atoms with Gasteiger partial charge in [-0.1, -0.05) is 11.6 Å². The van der Waals surface area contributed by atoms with Crippen molar-refractivity contribution >= 4 is 34.8 Å². The molecule has 0 bridgehead atoms. The standard InChI is InChI=1S/C11H14ClNO3S/c1-11(2,3)16-10(15)13-6-8(14)7-4-5-17-9(7)12/h4-5H,6H2,1-3H3,(H,13,15). The van der Waals surface area contributed by atoms with E-state index in [4.69, 9.17) is 16.3 Å². The highest BCUT2D eigenvalue weighted by Gasteiger charge is 2.17. The van der Waals surface area contributed by atoms with E-state index in [9.17, 15) is 9.59 Å². The Balaban J connectivity index is 2.45. The topological polar surface area (TPSA) is 55.4 Å². The number of Topliss-reactive ketones (excluding diaryl/α,β-unsaturated/α-hetero) is 1. The van der Waals surface area contributed by atoms with E-state index in [1.165, 1.54) is 11.3 Å². The third-order valence-electron chi connectivity index (χ3n) is 1.71. The van der Waals surface area contributed by atoms with Crippen LogP contribution in [-0.2, 0) is 4.74 Å². The van der Waals surface area contributed by atoms with Gasteiger partial charge in [0.1, 0.15) is 9.94 Å². The maximum absolute atomic E-state index is 11.6. The Hall–Kier alpha value is -1.07. The number of carbonyl (C=O) groups is 2. The second-order valence-corrected chi connectivity index (χ2v) is 5.90. The van der Waals surface area contributed by atoms with Gasteiger partial charge < -0.3 is 10.1 Å². The van der Waals surface area contributed by atoms with Gasteiger partial charge in [0.05, 0.1) is 6.54 Å². The summed E-state index contributed by atoms with van der Waals surface area (Å²) in [5.41, 5.74) is -0.152. The lowest BCUT2D eigenvalue weighted by Gasteiger charge is -2.19. The van der Waals surface area contributed by atoms with Gasteiger partial charge in [-0.05, 0) is 32.2 Å². The first-order valence-electron chi connectivity index (χ1n) is 5.02. The van der Waals surface area contributed by atoms with Crippen LogP contribution in [0.4, 0.5) is 4.79 Å². The summed E-state index contributed by atoms with van der Waals surface area (Å²) in [6.07, 6.45) is -0.614. The minimum Gasteiger partial charge on any atom is -0.444 e. The molecule has 0 aliphatic rings. The van der Waals surface area contributed by atoms with Crippen LogP contribution in [-0.4, -0.2) is 24.0 Å². The van der Waals surface area contributed by atoms with Crippen LogP contribution >= 0.6 is 22.9 Å². The Labute approximate surface area is 109 Å². The van der Waals surface area contributed by atoms with Crippen molar-refractivity contribution in [2.45, 2.75) is 26.4 Å². The summed E-state index contributed by atoms with van der Waals surface area (Å²) < 4.78 is 5.43. The second-order valence-electron chi connectivity index (χ2n) is 4.39. The third kappa shape index (κ3) is 4.75. The molecule has 0 fully saturated rings. The molecule has 1 N–H and O–H groups in total. The van der Waals surface area contributed by atoms with E-state index < -0.39 is 11.7 Å². The van der Waals surface area contributed by atoms with Crippen LogP contribution < -0.4 is 5.32 Å². The first-order valence-corrected chi connectivity index (χ1v) is 6.28. The number of rotatable bonds is 3. The zero-order valence-corrected chi connectivity index (χ0v) is 11.4.